The Labute approximate surface area is 148 Å². The van der Waals surface area contributed by atoms with Crippen LogP contribution in [0.15, 0.2) is 30.5 Å². The molecule has 2 aromatic rings. The monoisotopic (exact) mass is 343 g/mol. The molecule has 1 atom stereocenters. The molecule has 1 aromatic heterocycles. The smallest absolute Gasteiger partial charge is 0.226 e. The summed E-state index contributed by atoms with van der Waals surface area (Å²) in [7, 11) is 3.26. The maximum atomic E-state index is 6.09. The molecule has 6 nitrogen and oxygen atoms in total. The van der Waals surface area contributed by atoms with Gasteiger partial charge in [0.15, 0.2) is 11.5 Å². The lowest BCUT2D eigenvalue weighted by molar-refractivity contribution is 0.200. The molecular weight excluding hydrogens is 318 g/mol. The molecule has 0 bridgehead atoms. The normalized spacial score (nSPS) is 15.6. The Morgan fingerprint density at radius 3 is 2.60 bits per heavy atom. The van der Waals surface area contributed by atoms with Gasteiger partial charge < -0.3 is 19.5 Å². The summed E-state index contributed by atoms with van der Waals surface area (Å²) < 4.78 is 16.8. The number of rotatable bonds is 7. The van der Waals surface area contributed by atoms with Gasteiger partial charge in [-0.05, 0) is 50.3 Å². The van der Waals surface area contributed by atoms with Gasteiger partial charge in [0, 0.05) is 12.3 Å². The third-order valence-electron chi connectivity index (χ3n) is 4.47. The highest BCUT2D eigenvalue weighted by Crippen LogP contribution is 2.34. The third-order valence-corrected chi connectivity index (χ3v) is 4.47. The zero-order valence-electron chi connectivity index (χ0n) is 15.0. The first-order chi connectivity index (χ1) is 12.2. The van der Waals surface area contributed by atoms with Crippen LogP contribution in [0.5, 0.6) is 17.4 Å². The van der Waals surface area contributed by atoms with Crippen molar-refractivity contribution in [3.05, 3.63) is 36.0 Å². The standard InChI is InChI=1S/C19H25N3O3/c1-13(21-19-20-11-10-18(22-19)24-3)14-8-9-16(17(12-14)23-2)25-15-6-4-5-7-15/h8-13,15H,4-7H2,1-3H3,(H,20,21,22)/t13-/m1/s1. The van der Waals surface area contributed by atoms with E-state index in [0.29, 0.717) is 17.9 Å². The van der Waals surface area contributed by atoms with Crippen LogP contribution in [0.2, 0.25) is 0 Å². The molecule has 6 heteroatoms. The van der Waals surface area contributed by atoms with Crippen molar-refractivity contribution >= 4 is 5.95 Å². The van der Waals surface area contributed by atoms with Crippen LogP contribution in [-0.4, -0.2) is 30.3 Å². The molecule has 1 heterocycles. The minimum Gasteiger partial charge on any atom is -0.493 e. The van der Waals surface area contributed by atoms with Crippen molar-refractivity contribution in [1.29, 1.82) is 0 Å². The van der Waals surface area contributed by atoms with Gasteiger partial charge >= 0.3 is 0 Å². The van der Waals surface area contributed by atoms with E-state index in [1.807, 2.05) is 18.2 Å². The van der Waals surface area contributed by atoms with Crippen molar-refractivity contribution in [2.75, 3.05) is 19.5 Å². The Morgan fingerprint density at radius 2 is 1.88 bits per heavy atom. The van der Waals surface area contributed by atoms with Gasteiger partial charge in [-0.25, -0.2) is 4.98 Å². The lowest BCUT2D eigenvalue weighted by atomic mass is 10.1. The number of nitrogens with one attached hydrogen (secondary N) is 1. The van der Waals surface area contributed by atoms with Crippen molar-refractivity contribution in [3.63, 3.8) is 0 Å². The van der Waals surface area contributed by atoms with Gasteiger partial charge in [0.1, 0.15) is 0 Å². The van der Waals surface area contributed by atoms with E-state index in [9.17, 15) is 0 Å². The van der Waals surface area contributed by atoms with Gasteiger partial charge in [-0.1, -0.05) is 6.07 Å². The Kier molecular flexibility index (Phi) is 5.58. The zero-order valence-corrected chi connectivity index (χ0v) is 15.0. The summed E-state index contributed by atoms with van der Waals surface area (Å²) in [4.78, 5) is 8.51. The predicted molar refractivity (Wildman–Crippen MR) is 96.5 cm³/mol. The molecule has 134 valence electrons. The van der Waals surface area contributed by atoms with Crippen LogP contribution in [-0.2, 0) is 0 Å². The molecule has 1 aliphatic rings. The molecule has 25 heavy (non-hydrogen) atoms. The molecule has 0 unspecified atom stereocenters. The fraction of sp³-hybridized carbons (Fsp3) is 0.474. The molecule has 0 spiro atoms. The Morgan fingerprint density at radius 1 is 1.08 bits per heavy atom. The fourth-order valence-electron chi connectivity index (χ4n) is 3.04. The molecular formula is C19H25N3O3. The molecule has 0 aliphatic heterocycles. The van der Waals surface area contributed by atoms with E-state index < -0.39 is 0 Å². The Bertz CT molecular complexity index is 702. The van der Waals surface area contributed by atoms with E-state index in [0.717, 1.165) is 29.9 Å². The fourth-order valence-corrected chi connectivity index (χ4v) is 3.04. The van der Waals surface area contributed by atoms with E-state index in [1.165, 1.54) is 12.8 Å². The van der Waals surface area contributed by atoms with E-state index in [4.69, 9.17) is 14.2 Å². The molecule has 1 aliphatic carbocycles. The SMILES string of the molecule is COc1ccnc(N[C@H](C)c2ccc(OC3CCCC3)c(OC)c2)n1. The lowest BCUT2D eigenvalue weighted by Crippen LogP contribution is -2.13. The highest BCUT2D eigenvalue weighted by molar-refractivity contribution is 5.45. The highest BCUT2D eigenvalue weighted by atomic mass is 16.5. The molecule has 0 saturated heterocycles. The van der Waals surface area contributed by atoms with Gasteiger partial charge in [-0.3, -0.25) is 0 Å². The van der Waals surface area contributed by atoms with Gasteiger partial charge in [0.2, 0.25) is 11.8 Å². The second-order valence-electron chi connectivity index (χ2n) is 6.22. The number of ether oxygens (including phenoxy) is 3. The van der Waals surface area contributed by atoms with E-state index in [-0.39, 0.29) is 6.04 Å². The van der Waals surface area contributed by atoms with E-state index >= 15 is 0 Å². The average molecular weight is 343 g/mol. The van der Waals surface area contributed by atoms with Crippen LogP contribution in [0.1, 0.15) is 44.2 Å². The topological polar surface area (TPSA) is 65.5 Å². The number of hydrogen-bond donors (Lipinski definition) is 1. The first kappa shape index (κ1) is 17.3. The summed E-state index contributed by atoms with van der Waals surface area (Å²) in [6, 6.07) is 7.76. The van der Waals surface area contributed by atoms with Crippen molar-refractivity contribution in [3.8, 4) is 17.4 Å². The van der Waals surface area contributed by atoms with Crippen LogP contribution in [0.4, 0.5) is 5.95 Å². The van der Waals surface area contributed by atoms with Crippen LogP contribution >= 0.6 is 0 Å². The molecule has 3 rings (SSSR count). The summed E-state index contributed by atoms with van der Waals surface area (Å²) in [5.74, 6) is 2.62. The molecule has 1 fully saturated rings. The van der Waals surface area contributed by atoms with Gasteiger partial charge in [-0.2, -0.15) is 4.98 Å². The number of aromatic nitrogens is 2. The minimum atomic E-state index is 0.0153. The quantitative estimate of drug-likeness (QED) is 0.820. The van der Waals surface area contributed by atoms with Crippen LogP contribution in [0, 0.1) is 0 Å². The summed E-state index contributed by atoms with van der Waals surface area (Å²) in [5, 5.41) is 3.28. The van der Waals surface area contributed by atoms with Crippen molar-refractivity contribution in [2.24, 2.45) is 0 Å². The van der Waals surface area contributed by atoms with Crippen LogP contribution < -0.4 is 19.5 Å². The Hall–Kier alpha value is -2.50. The predicted octanol–water partition coefficient (Wildman–Crippen LogP) is 3.99. The summed E-state index contributed by atoms with van der Waals surface area (Å²) in [5.41, 5.74) is 1.07. The first-order valence-corrected chi connectivity index (χ1v) is 8.67. The lowest BCUT2D eigenvalue weighted by Gasteiger charge is -2.19. The third kappa shape index (κ3) is 4.32. The van der Waals surface area contributed by atoms with Crippen molar-refractivity contribution < 1.29 is 14.2 Å². The summed E-state index contributed by atoms with van der Waals surface area (Å²) in [6.45, 7) is 2.05. The van der Waals surface area contributed by atoms with E-state index in [1.54, 1.807) is 26.5 Å². The molecule has 1 N–H and O–H groups in total. The van der Waals surface area contributed by atoms with Crippen molar-refractivity contribution in [1.82, 2.24) is 9.97 Å². The highest BCUT2D eigenvalue weighted by Gasteiger charge is 2.19. The minimum absolute atomic E-state index is 0.0153. The second-order valence-corrected chi connectivity index (χ2v) is 6.22. The summed E-state index contributed by atoms with van der Waals surface area (Å²) >= 11 is 0. The first-order valence-electron chi connectivity index (χ1n) is 8.67. The Balaban J connectivity index is 1.72. The molecule has 0 radical (unpaired) electrons. The number of nitrogens with zero attached hydrogens (tertiary/aromatic N) is 2. The van der Waals surface area contributed by atoms with Crippen LogP contribution in [0.3, 0.4) is 0 Å². The van der Waals surface area contributed by atoms with Gasteiger partial charge in [0.25, 0.3) is 0 Å². The van der Waals surface area contributed by atoms with Crippen molar-refractivity contribution in [2.45, 2.75) is 44.8 Å². The van der Waals surface area contributed by atoms with E-state index in [2.05, 4.69) is 22.2 Å². The number of methoxy groups -OCH3 is 2. The average Bonchev–Trinajstić information content (AvgIpc) is 3.15. The molecule has 1 aromatic carbocycles. The van der Waals surface area contributed by atoms with Gasteiger partial charge in [-0.15, -0.1) is 0 Å². The number of hydrogen-bond acceptors (Lipinski definition) is 6. The summed E-state index contributed by atoms with van der Waals surface area (Å²) in [6.07, 6.45) is 6.70. The molecule has 1 saturated carbocycles. The molecule has 0 amide bonds. The maximum absolute atomic E-state index is 6.09. The largest absolute Gasteiger partial charge is 0.493 e. The number of benzene rings is 1. The van der Waals surface area contributed by atoms with Gasteiger partial charge in [0.05, 0.1) is 26.4 Å². The maximum Gasteiger partial charge on any atom is 0.226 e. The second kappa shape index (κ2) is 8.05. The zero-order chi connectivity index (χ0) is 17.6. The van der Waals surface area contributed by atoms with Crippen LogP contribution in [0.25, 0.3) is 0 Å². The number of anilines is 1.